The molecule has 1 aliphatic rings. The van der Waals surface area contributed by atoms with Crippen molar-refractivity contribution in [3.63, 3.8) is 0 Å². The van der Waals surface area contributed by atoms with E-state index in [4.69, 9.17) is 17.0 Å². The molecule has 1 amide bonds. The van der Waals surface area contributed by atoms with Gasteiger partial charge >= 0.3 is 0 Å². The molecule has 0 saturated carbocycles. The fourth-order valence-corrected chi connectivity index (χ4v) is 3.79. The third-order valence-corrected chi connectivity index (χ3v) is 5.27. The van der Waals surface area contributed by atoms with Gasteiger partial charge in [-0.05, 0) is 41.5 Å². The van der Waals surface area contributed by atoms with Crippen molar-refractivity contribution in [1.29, 1.82) is 0 Å². The Morgan fingerprint density at radius 2 is 2.00 bits per heavy atom. The van der Waals surface area contributed by atoms with Gasteiger partial charge in [0.25, 0.3) is 11.6 Å². The fraction of sp³-hybridized carbons (Fsp3) is 0.100. The van der Waals surface area contributed by atoms with Gasteiger partial charge in [0.05, 0.1) is 9.83 Å². The maximum absolute atomic E-state index is 12.4. The molecule has 1 aliphatic heterocycles. The highest BCUT2D eigenvalue weighted by atomic mass is 32.2. The Kier molecular flexibility index (Phi) is 6.23. The van der Waals surface area contributed by atoms with Crippen LogP contribution in [0.15, 0.2) is 66.1 Å². The molecule has 1 heterocycles. The number of nitrogens with zero attached hydrogens (tertiary/aromatic N) is 2. The van der Waals surface area contributed by atoms with E-state index < -0.39 is 4.92 Å². The zero-order valence-corrected chi connectivity index (χ0v) is 16.4. The summed E-state index contributed by atoms with van der Waals surface area (Å²) in [5, 5.41) is 10.7. The highest BCUT2D eigenvalue weighted by Crippen LogP contribution is 2.32. The molecule has 28 heavy (non-hydrogen) atoms. The molecule has 0 unspecified atom stereocenters. The van der Waals surface area contributed by atoms with Crippen molar-refractivity contribution in [2.45, 2.75) is 6.61 Å². The molecular weight excluding hydrogens is 396 g/mol. The first-order valence-electron chi connectivity index (χ1n) is 8.30. The second kappa shape index (κ2) is 8.81. The summed E-state index contributed by atoms with van der Waals surface area (Å²) in [6, 6.07) is 13.6. The highest BCUT2D eigenvalue weighted by Gasteiger charge is 2.30. The minimum Gasteiger partial charge on any atom is -0.489 e. The molecule has 3 rings (SSSR count). The minimum atomic E-state index is -0.439. The van der Waals surface area contributed by atoms with E-state index in [0.717, 1.165) is 11.1 Å². The van der Waals surface area contributed by atoms with Crippen LogP contribution in [0.3, 0.4) is 0 Å². The van der Waals surface area contributed by atoms with Crippen LogP contribution in [0.1, 0.15) is 11.1 Å². The molecule has 0 spiro atoms. The molecule has 0 radical (unpaired) electrons. The lowest BCUT2D eigenvalue weighted by Crippen LogP contribution is -2.27. The van der Waals surface area contributed by atoms with Crippen LogP contribution in [0.2, 0.25) is 0 Å². The van der Waals surface area contributed by atoms with Crippen LogP contribution in [0.4, 0.5) is 5.69 Å². The number of non-ortho nitro benzene ring substituents is 1. The molecule has 1 fully saturated rings. The van der Waals surface area contributed by atoms with Crippen LogP contribution in [0.5, 0.6) is 5.75 Å². The number of thioether (sulfide) groups is 1. The Balaban J connectivity index is 1.69. The smallest absolute Gasteiger partial charge is 0.269 e. The third kappa shape index (κ3) is 4.65. The molecule has 0 bridgehead atoms. The number of hydrogen-bond acceptors (Lipinski definition) is 6. The van der Waals surface area contributed by atoms with Crippen LogP contribution in [-0.2, 0) is 11.4 Å². The predicted molar refractivity (Wildman–Crippen MR) is 114 cm³/mol. The number of amides is 1. The minimum absolute atomic E-state index is 0.0412. The van der Waals surface area contributed by atoms with Crippen molar-refractivity contribution in [3.8, 4) is 5.75 Å². The highest BCUT2D eigenvalue weighted by molar-refractivity contribution is 8.26. The van der Waals surface area contributed by atoms with Crippen LogP contribution >= 0.6 is 24.0 Å². The van der Waals surface area contributed by atoms with Gasteiger partial charge in [-0.25, -0.2) is 0 Å². The van der Waals surface area contributed by atoms with Crippen LogP contribution in [0, 0.1) is 10.1 Å². The number of nitro benzene ring substituents is 1. The van der Waals surface area contributed by atoms with Crippen molar-refractivity contribution in [2.24, 2.45) is 0 Å². The van der Waals surface area contributed by atoms with E-state index in [1.54, 1.807) is 24.3 Å². The molecular formula is C20H16N2O4S2. The Morgan fingerprint density at radius 1 is 1.25 bits per heavy atom. The van der Waals surface area contributed by atoms with Crippen LogP contribution < -0.4 is 4.74 Å². The lowest BCUT2D eigenvalue weighted by molar-refractivity contribution is -0.384. The van der Waals surface area contributed by atoms with E-state index >= 15 is 0 Å². The Labute approximate surface area is 171 Å². The summed E-state index contributed by atoms with van der Waals surface area (Å²) in [7, 11) is 0. The van der Waals surface area contributed by atoms with E-state index in [1.807, 2.05) is 24.3 Å². The molecule has 0 aliphatic carbocycles. The lowest BCUT2D eigenvalue weighted by Gasteiger charge is -2.10. The number of benzene rings is 2. The van der Waals surface area contributed by atoms with Crippen LogP contribution in [0.25, 0.3) is 6.08 Å². The molecule has 142 valence electrons. The number of nitro groups is 1. The Bertz CT molecular complexity index is 970. The normalized spacial score (nSPS) is 15.1. The van der Waals surface area contributed by atoms with E-state index in [1.165, 1.54) is 28.8 Å². The first-order valence-corrected chi connectivity index (χ1v) is 9.53. The number of hydrogen-bond donors (Lipinski definition) is 0. The summed E-state index contributed by atoms with van der Waals surface area (Å²) >= 11 is 6.50. The zero-order chi connectivity index (χ0) is 20.1. The third-order valence-electron chi connectivity index (χ3n) is 3.89. The summed E-state index contributed by atoms with van der Waals surface area (Å²) in [5.41, 5.74) is 1.68. The molecule has 2 aromatic rings. The first kappa shape index (κ1) is 19.8. The summed E-state index contributed by atoms with van der Waals surface area (Å²) in [6.45, 7) is 4.31. The molecule has 0 atom stereocenters. The van der Waals surface area contributed by atoms with Gasteiger partial charge < -0.3 is 4.74 Å². The summed E-state index contributed by atoms with van der Waals surface area (Å²) in [6.07, 6.45) is 3.42. The van der Waals surface area contributed by atoms with Crippen molar-refractivity contribution < 1.29 is 14.5 Å². The predicted octanol–water partition coefficient (Wildman–Crippen LogP) is 4.56. The zero-order valence-electron chi connectivity index (χ0n) is 14.7. The maximum Gasteiger partial charge on any atom is 0.269 e. The summed E-state index contributed by atoms with van der Waals surface area (Å²) in [5.74, 6) is 0.501. The van der Waals surface area contributed by atoms with E-state index in [-0.39, 0.29) is 18.2 Å². The van der Waals surface area contributed by atoms with Gasteiger partial charge in [0.1, 0.15) is 16.7 Å². The number of rotatable bonds is 7. The first-order chi connectivity index (χ1) is 13.5. The number of carbonyl (C=O) groups excluding carboxylic acids is 1. The van der Waals surface area contributed by atoms with Crippen molar-refractivity contribution >= 4 is 46.0 Å². The van der Waals surface area contributed by atoms with Gasteiger partial charge in [0.2, 0.25) is 0 Å². The van der Waals surface area contributed by atoms with Crippen LogP contribution in [-0.4, -0.2) is 26.6 Å². The Hall–Kier alpha value is -2.97. The maximum atomic E-state index is 12.4. The molecule has 1 saturated heterocycles. The lowest BCUT2D eigenvalue weighted by atomic mass is 10.2. The number of ether oxygens (including phenoxy) is 1. The number of carbonyl (C=O) groups is 1. The number of thiocarbonyl (C=S) groups is 1. The van der Waals surface area contributed by atoms with E-state index in [2.05, 4.69) is 6.58 Å². The monoisotopic (exact) mass is 412 g/mol. The van der Waals surface area contributed by atoms with Crippen molar-refractivity contribution in [2.75, 3.05) is 6.54 Å². The Morgan fingerprint density at radius 3 is 2.68 bits per heavy atom. The van der Waals surface area contributed by atoms with Gasteiger partial charge in [0.15, 0.2) is 0 Å². The molecule has 0 N–H and O–H groups in total. The standard InChI is InChI=1S/C20H16N2O4S2/c1-2-10-21-19(23)18(28-20(21)27)12-15-4-3-5-17(11-15)26-13-14-6-8-16(9-7-14)22(24)25/h2-9,11-12H,1,10,13H2/b18-12+. The summed E-state index contributed by atoms with van der Waals surface area (Å²) < 4.78 is 6.28. The van der Waals surface area contributed by atoms with Crippen molar-refractivity contribution in [3.05, 3.63) is 87.3 Å². The van der Waals surface area contributed by atoms with E-state index in [9.17, 15) is 14.9 Å². The van der Waals surface area contributed by atoms with Gasteiger partial charge in [-0.1, -0.05) is 42.2 Å². The van der Waals surface area contributed by atoms with Gasteiger partial charge in [-0.3, -0.25) is 19.8 Å². The quantitative estimate of drug-likeness (QED) is 0.218. The SMILES string of the molecule is C=CCN1C(=O)/C(=C\c2cccc(OCc3ccc([N+](=O)[O-])cc3)c2)SC1=S. The molecule has 6 nitrogen and oxygen atoms in total. The van der Waals surface area contributed by atoms with Gasteiger partial charge in [-0.15, -0.1) is 6.58 Å². The largest absolute Gasteiger partial charge is 0.489 e. The fourth-order valence-electron chi connectivity index (χ4n) is 2.51. The van der Waals surface area contributed by atoms with E-state index in [0.29, 0.717) is 21.5 Å². The molecule has 0 aromatic heterocycles. The average molecular weight is 412 g/mol. The topological polar surface area (TPSA) is 72.7 Å². The second-order valence-electron chi connectivity index (χ2n) is 5.87. The average Bonchev–Trinajstić information content (AvgIpc) is 2.95. The van der Waals surface area contributed by atoms with Crippen molar-refractivity contribution in [1.82, 2.24) is 4.90 Å². The van der Waals surface area contributed by atoms with Gasteiger partial charge in [0, 0.05) is 18.7 Å². The second-order valence-corrected chi connectivity index (χ2v) is 7.54. The molecule has 8 heteroatoms. The molecule has 2 aromatic carbocycles. The van der Waals surface area contributed by atoms with Gasteiger partial charge in [-0.2, -0.15) is 0 Å². The summed E-state index contributed by atoms with van der Waals surface area (Å²) in [4.78, 5) is 24.7.